The molecule has 1 amide bonds. The quantitative estimate of drug-likeness (QED) is 0.440. The Morgan fingerprint density at radius 1 is 1.10 bits per heavy atom. The molecule has 156 valence electrons. The van der Waals surface area contributed by atoms with Crippen LogP contribution in [0, 0.1) is 13.8 Å². The third kappa shape index (κ3) is 5.36. The molecule has 0 aliphatic carbocycles. The number of rotatable bonds is 8. The minimum atomic E-state index is -0.303. The zero-order chi connectivity index (χ0) is 21.7. The van der Waals surface area contributed by atoms with E-state index < -0.39 is 0 Å². The van der Waals surface area contributed by atoms with Gasteiger partial charge in [0.2, 0.25) is 5.91 Å². The first-order valence-electron chi connectivity index (χ1n) is 9.88. The molecule has 3 rings (SSSR count). The number of benzene rings is 2. The van der Waals surface area contributed by atoms with Crippen molar-refractivity contribution in [1.29, 1.82) is 0 Å². The van der Waals surface area contributed by atoms with Crippen molar-refractivity contribution in [1.82, 2.24) is 20.1 Å². The highest BCUT2D eigenvalue weighted by atomic mass is 32.2. The Hall–Kier alpha value is -2.93. The first kappa shape index (κ1) is 21.8. The number of nitrogens with zero attached hydrogens (tertiary/aromatic N) is 3. The molecule has 6 nitrogen and oxygen atoms in total. The summed E-state index contributed by atoms with van der Waals surface area (Å²) in [6.07, 6.45) is 0.733. The number of hydrogen-bond acceptors (Lipinski definition) is 5. The zero-order valence-electron chi connectivity index (χ0n) is 17.7. The largest absolute Gasteiger partial charge is 0.356 e. The van der Waals surface area contributed by atoms with Crippen molar-refractivity contribution in [3.63, 3.8) is 0 Å². The molecule has 1 unspecified atom stereocenters. The van der Waals surface area contributed by atoms with Gasteiger partial charge in [-0.1, -0.05) is 48.2 Å². The Bertz CT molecular complexity index is 1040. The number of nitrogens with one attached hydrogen (secondary N) is 1. The lowest BCUT2D eigenvalue weighted by Crippen LogP contribution is -2.22. The molecule has 1 heterocycles. The lowest BCUT2D eigenvalue weighted by Gasteiger charge is -2.13. The van der Waals surface area contributed by atoms with Crippen molar-refractivity contribution < 1.29 is 9.59 Å². The van der Waals surface area contributed by atoms with Crippen molar-refractivity contribution in [3.8, 4) is 5.69 Å². The molecule has 0 saturated carbocycles. The highest BCUT2D eigenvalue weighted by molar-refractivity contribution is 8.00. The van der Waals surface area contributed by atoms with Crippen LogP contribution in [0.25, 0.3) is 5.69 Å². The third-order valence-corrected chi connectivity index (χ3v) is 5.78. The van der Waals surface area contributed by atoms with E-state index in [1.54, 1.807) is 0 Å². The standard InChI is InChI=1S/C23H26N4O2S/c1-15-6-5-7-21(14-15)27-17(3)25-26-23(27)30-16(2)22(29)20-10-8-19(9-11-20)12-13-24-18(4)28/h5-11,14,16H,12-13H2,1-4H3,(H,24,28). The third-order valence-electron chi connectivity index (χ3n) is 4.73. The van der Waals surface area contributed by atoms with E-state index in [2.05, 4.69) is 21.6 Å². The minimum absolute atomic E-state index is 0.0404. The molecule has 0 fully saturated rings. The molecule has 2 aromatic carbocycles. The SMILES string of the molecule is CC(=O)NCCc1ccc(C(=O)C(C)Sc2nnc(C)n2-c2cccc(C)c2)cc1. The van der Waals surface area contributed by atoms with Crippen LogP contribution in [0.1, 0.15) is 41.2 Å². The number of amides is 1. The number of Topliss-reactive ketones (excluding diaryl/α,β-unsaturated/α-hetero) is 1. The molecule has 1 aromatic heterocycles. The number of ketones is 1. The van der Waals surface area contributed by atoms with Gasteiger partial charge < -0.3 is 5.32 Å². The van der Waals surface area contributed by atoms with Crippen molar-refractivity contribution in [2.24, 2.45) is 0 Å². The van der Waals surface area contributed by atoms with Gasteiger partial charge in [-0.25, -0.2) is 0 Å². The van der Waals surface area contributed by atoms with E-state index in [-0.39, 0.29) is 16.9 Å². The van der Waals surface area contributed by atoms with Gasteiger partial charge in [0.05, 0.1) is 5.25 Å². The average molecular weight is 423 g/mol. The topological polar surface area (TPSA) is 76.9 Å². The van der Waals surface area contributed by atoms with E-state index in [0.717, 1.165) is 29.1 Å². The fourth-order valence-corrected chi connectivity index (χ4v) is 4.14. The van der Waals surface area contributed by atoms with Gasteiger partial charge in [-0.2, -0.15) is 0 Å². The van der Waals surface area contributed by atoms with Gasteiger partial charge >= 0.3 is 0 Å². The fraction of sp³-hybridized carbons (Fsp3) is 0.304. The highest BCUT2D eigenvalue weighted by Crippen LogP contribution is 2.27. The Balaban J connectivity index is 1.70. The molecule has 7 heteroatoms. The second-order valence-corrected chi connectivity index (χ2v) is 8.57. The van der Waals surface area contributed by atoms with Crippen LogP contribution in [0.4, 0.5) is 0 Å². The van der Waals surface area contributed by atoms with E-state index in [4.69, 9.17) is 0 Å². The van der Waals surface area contributed by atoms with E-state index in [0.29, 0.717) is 17.3 Å². The van der Waals surface area contributed by atoms with Crippen LogP contribution >= 0.6 is 11.8 Å². The molecule has 0 radical (unpaired) electrons. The smallest absolute Gasteiger partial charge is 0.216 e. The molecule has 3 aromatic rings. The molecular weight excluding hydrogens is 396 g/mol. The lowest BCUT2D eigenvalue weighted by atomic mass is 10.0. The van der Waals surface area contributed by atoms with Gasteiger partial charge in [-0.05, 0) is 50.5 Å². The first-order chi connectivity index (χ1) is 14.3. The van der Waals surface area contributed by atoms with Gasteiger partial charge in [-0.3, -0.25) is 14.2 Å². The zero-order valence-corrected chi connectivity index (χ0v) is 18.5. The van der Waals surface area contributed by atoms with Crippen LogP contribution in [-0.2, 0) is 11.2 Å². The highest BCUT2D eigenvalue weighted by Gasteiger charge is 2.21. The molecular formula is C23H26N4O2S. The van der Waals surface area contributed by atoms with Gasteiger partial charge in [0.1, 0.15) is 5.82 Å². The van der Waals surface area contributed by atoms with E-state index in [9.17, 15) is 9.59 Å². The van der Waals surface area contributed by atoms with Crippen molar-refractivity contribution in [3.05, 3.63) is 71.0 Å². The molecule has 0 spiro atoms. The van der Waals surface area contributed by atoms with Crippen LogP contribution in [-0.4, -0.2) is 38.2 Å². The van der Waals surface area contributed by atoms with E-state index >= 15 is 0 Å². The molecule has 0 bridgehead atoms. The lowest BCUT2D eigenvalue weighted by molar-refractivity contribution is -0.118. The number of aryl methyl sites for hydroxylation is 2. The van der Waals surface area contributed by atoms with Crippen molar-refractivity contribution in [2.45, 2.75) is 44.5 Å². The Morgan fingerprint density at radius 3 is 2.50 bits per heavy atom. The Labute approximate surface area is 181 Å². The van der Waals surface area contributed by atoms with E-state index in [1.165, 1.54) is 18.7 Å². The monoisotopic (exact) mass is 422 g/mol. The summed E-state index contributed by atoms with van der Waals surface area (Å²) in [4.78, 5) is 23.9. The fourth-order valence-electron chi connectivity index (χ4n) is 3.15. The maximum absolute atomic E-state index is 12.9. The molecule has 0 aliphatic heterocycles. The number of carbonyl (C=O) groups excluding carboxylic acids is 2. The number of thioether (sulfide) groups is 1. The maximum atomic E-state index is 12.9. The molecule has 30 heavy (non-hydrogen) atoms. The predicted octanol–water partition coefficient (Wildman–Crippen LogP) is 3.93. The van der Waals surface area contributed by atoms with Crippen LogP contribution in [0.3, 0.4) is 0 Å². The van der Waals surface area contributed by atoms with Crippen LogP contribution in [0.5, 0.6) is 0 Å². The second-order valence-electron chi connectivity index (χ2n) is 7.26. The van der Waals surface area contributed by atoms with Crippen molar-refractivity contribution in [2.75, 3.05) is 6.54 Å². The first-order valence-corrected chi connectivity index (χ1v) is 10.8. The van der Waals surface area contributed by atoms with Gasteiger partial charge in [0, 0.05) is 24.7 Å². The van der Waals surface area contributed by atoms with Crippen LogP contribution in [0.2, 0.25) is 0 Å². The van der Waals surface area contributed by atoms with E-state index in [1.807, 2.05) is 67.8 Å². The summed E-state index contributed by atoms with van der Waals surface area (Å²) in [6, 6.07) is 15.7. The molecule has 1 atom stereocenters. The average Bonchev–Trinajstić information content (AvgIpc) is 3.07. The van der Waals surface area contributed by atoms with Crippen LogP contribution in [0.15, 0.2) is 53.7 Å². The minimum Gasteiger partial charge on any atom is -0.356 e. The normalized spacial score (nSPS) is 11.9. The number of aromatic nitrogens is 3. The van der Waals surface area contributed by atoms with Gasteiger partial charge in [0.25, 0.3) is 0 Å². The Morgan fingerprint density at radius 2 is 1.83 bits per heavy atom. The summed E-state index contributed by atoms with van der Waals surface area (Å²) in [6.45, 7) is 7.93. The second kappa shape index (κ2) is 9.71. The predicted molar refractivity (Wildman–Crippen MR) is 119 cm³/mol. The molecule has 0 saturated heterocycles. The summed E-state index contributed by atoms with van der Waals surface area (Å²) >= 11 is 1.41. The summed E-state index contributed by atoms with van der Waals surface area (Å²) < 4.78 is 1.98. The summed E-state index contributed by atoms with van der Waals surface area (Å²) in [5.74, 6) is 0.789. The number of hydrogen-bond donors (Lipinski definition) is 1. The summed E-state index contributed by atoms with van der Waals surface area (Å²) in [7, 11) is 0. The summed E-state index contributed by atoms with van der Waals surface area (Å²) in [5, 5.41) is 11.7. The Kier molecular flexibility index (Phi) is 7.05. The summed E-state index contributed by atoms with van der Waals surface area (Å²) in [5.41, 5.74) is 3.88. The molecule has 1 N–H and O–H groups in total. The van der Waals surface area contributed by atoms with Crippen LogP contribution < -0.4 is 5.32 Å². The number of carbonyl (C=O) groups is 2. The maximum Gasteiger partial charge on any atom is 0.216 e. The van der Waals surface area contributed by atoms with Gasteiger partial charge in [0.15, 0.2) is 10.9 Å². The van der Waals surface area contributed by atoms with Gasteiger partial charge in [-0.15, -0.1) is 10.2 Å². The van der Waals surface area contributed by atoms with Crippen molar-refractivity contribution >= 4 is 23.5 Å². The molecule has 0 aliphatic rings.